The van der Waals surface area contributed by atoms with Crippen LogP contribution in [-0.2, 0) is 16.2 Å². The van der Waals surface area contributed by atoms with Crippen molar-refractivity contribution in [2.75, 3.05) is 53.5 Å². The Balaban J connectivity index is 1.57. The number of rotatable bonds is 7. The third kappa shape index (κ3) is 7.20. The van der Waals surface area contributed by atoms with Crippen LogP contribution in [0.4, 0.5) is 47.7 Å². The van der Waals surface area contributed by atoms with Gasteiger partial charge < -0.3 is 20.4 Å². The van der Waals surface area contributed by atoms with Gasteiger partial charge in [0, 0.05) is 55.0 Å². The van der Waals surface area contributed by atoms with Crippen LogP contribution in [0.15, 0.2) is 42.6 Å². The Morgan fingerprint density at radius 2 is 1.51 bits per heavy atom. The molecule has 1 saturated heterocycles. The Bertz CT molecular complexity index is 1510. The predicted octanol–water partition coefficient (Wildman–Crippen LogP) is 5.89. The predicted molar refractivity (Wildman–Crippen MR) is 158 cm³/mol. The number of sulfonamides is 1. The molecular formula is C28H36F3N7O2S. The number of alkyl halides is 3. The normalized spacial score (nSPS) is 15.1. The number of anilines is 6. The topological polar surface area (TPSA) is 102 Å². The van der Waals surface area contributed by atoms with Gasteiger partial charge in [-0.25, -0.2) is 13.4 Å². The van der Waals surface area contributed by atoms with Crippen molar-refractivity contribution in [3.63, 3.8) is 0 Å². The lowest BCUT2D eigenvalue weighted by molar-refractivity contribution is -0.137. The van der Waals surface area contributed by atoms with Crippen LogP contribution in [0, 0.1) is 13.8 Å². The molecule has 0 saturated carbocycles. The van der Waals surface area contributed by atoms with Gasteiger partial charge in [0.1, 0.15) is 5.82 Å². The van der Waals surface area contributed by atoms with Crippen LogP contribution < -0.4 is 20.3 Å². The van der Waals surface area contributed by atoms with Crippen LogP contribution in [0.3, 0.4) is 0 Å². The summed E-state index contributed by atoms with van der Waals surface area (Å²) < 4.78 is 69.1. The van der Waals surface area contributed by atoms with Gasteiger partial charge in [-0.3, -0.25) is 4.72 Å². The van der Waals surface area contributed by atoms with E-state index in [1.165, 1.54) is 6.07 Å². The number of hydrogen-bond donors (Lipinski definition) is 3. The van der Waals surface area contributed by atoms with Crippen LogP contribution in [0.5, 0.6) is 0 Å². The zero-order valence-corrected chi connectivity index (χ0v) is 24.8. The van der Waals surface area contributed by atoms with Crippen molar-refractivity contribution in [2.24, 2.45) is 0 Å². The molecule has 9 nitrogen and oxygen atoms in total. The first-order chi connectivity index (χ1) is 19.0. The fourth-order valence-corrected chi connectivity index (χ4v) is 4.98. The molecule has 2 heterocycles. The number of piperazine rings is 1. The molecule has 222 valence electrons. The molecule has 2 aromatic carbocycles. The van der Waals surface area contributed by atoms with E-state index in [0.29, 0.717) is 48.9 Å². The zero-order chi connectivity index (χ0) is 30.2. The van der Waals surface area contributed by atoms with Crippen molar-refractivity contribution in [2.45, 2.75) is 45.5 Å². The van der Waals surface area contributed by atoms with Gasteiger partial charge in [0.15, 0.2) is 0 Å². The van der Waals surface area contributed by atoms with E-state index in [0.717, 1.165) is 11.6 Å². The minimum Gasteiger partial charge on any atom is -0.368 e. The van der Waals surface area contributed by atoms with Gasteiger partial charge in [-0.2, -0.15) is 18.2 Å². The van der Waals surface area contributed by atoms with Crippen molar-refractivity contribution in [3.05, 3.63) is 59.3 Å². The van der Waals surface area contributed by atoms with E-state index in [1.54, 1.807) is 70.0 Å². The van der Waals surface area contributed by atoms with E-state index in [1.807, 2.05) is 7.05 Å². The molecule has 1 fully saturated rings. The molecule has 13 heteroatoms. The number of hydrogen-bond acceptors (Lipinski definition) is 8. The van der Waals surface area contributed by atoms with E-state index >= 15 is 0 Å². The summed E-state index contributed by atoms with van der Waals surface area (Å²) in [6.45, 7) is 10.8. The first-order valence-electron chi connectivity index (χ1n) is 13.2. The first kappa shape index (κ1) is 30.4. The molecule has 0 amide bonds. The maximum absolute atomic E-state index is 14.0. The quantitative estimate of drug-likeness (QED) is 0.313. The smallest absolute Gasteiger partial charge is 0.368 e. The summed E-state index contributed by atoms with van der Waals surface area (Å²) in [7, 11) is -1.69. The summed E-state index contributed by atoms with van der Waals surface area (Å²) in [5.41, 5.74) is 2.07. The number of nitrogens with one attached hydrogen (secondary N) is 3. The second-order valence-electron chi connectivity index (χ2n) is 11.2. The Kier molecular flexibility index (Phi) is 8.42. The van der Waals surface area contributed by atoms with Crippen LogP contribution in [0.2, 0.25) is 0 Å². The molecule has 0 unspecified atom stereocenters. The standard InChI is InChI=1S/C28H36F3N7O2S/c1-18-7-8-21(16-23(18)36-41(39,40)27(3,4)5)33-25-19(2)17-32-26(35-25)34-20-9-10-24(22(15-20)28(29,30)31)38-13-11-37(6)12-14-38/h7-10,15-17,36H,11-14H2,1-6H3,(H2,32,33,34,35). The number of aromatic nitrogens is 2. The van der Waals surface area contributed by atoms with Gasteiger partial charge in [-0.1, -0.05) is 6.07 Å². The highest BCUT2D eigenvalue weighted by atomic mass is 32.2. The number of likely N-dealkylation sites (N-methyl/N-ethyl adjacent to an activating group) is 1. The highest BCUT2D eigenvalue weighted by molar-refractivity contribution is 7.94. The van der Waals surface area contributed by atoms with Crippen molar-refractivity contribution < 1.29 is 21.6 Å². The molecule has 1 aliphatic rings. The average Bonchev–Trinajstić information content (AvgIpc) is 2.87. The second kappa shape index (κ2) is 11.4. The third-order valence-electron chi connectivity index (χ3n) is 6.92. The number of nitrogens with zero attached hydrogens (tertiary/aromatic N) is 4. The highest BCUT2D eigenvalue weighted by Gasteiger charge is 2.36. The maximum Gasteiger partial charge on any atom is 0.418 e. The molecule has 0 aliphatic carbocycles. The molecular weight excluding hydrogens is 555 g/mol. The molecule has 4 rings (SSSR count). The highest BCUT2D eigenvalue weighted by Crippen LogP contribution is 2.39. The first-order valence-corrected chi connectivity index (χ1v) is 14.7. The van der Waals surface area contributed by atoms with E-state index in [-0.39, 0.29) is 17.3 Å². The number of benzene rings is 2. The SMILES string of the molecule is Cc1ccc(Nc2nc(Nc3ccc(N4CCN(C)CC4)c(C(F)(F)F)c3)ncc2C)cc1NS(=O)(=O)C(C)(C)C. The van der Waals surface area contributed by atoms with Crippen LogP contribution in [0.1, 0.15) is 37.5 Å². The molecule has 3 N–H and O–H groups in total. The largest absolute Gasteiger partial charge is 0.418 e. The summed E-state index contributed by atoms with van der Waals surface area (Å²) in [6, 6.07) is 9.38. The summed E-state index contributed by atoms with van der Waals surface area (Å²) in [5, 5.41) is 6.06. The lowest BCUT2D eigenvalue weighted by Gasteiger charge is -2.35. The Hall–Kier alpha value is -3.58. The molecule has 0 spiro atoms. The van der Waals surface area contributed by atoms with Crippen LogP contribution >= 0.6 is 0 Å². The van der Waals surface area contributed by atoms with E-state index in [4.69, 9.17) is 0 Å². The van der Waals surface area contributed by atoms with Crippen LogP contribution in [0.25, 0.3) is 0 Å². The second-order valence-corrected chi connectivity index (χ2v) is 13.7. The van der Waals surface area contributed by atoms with Gasteiger partial charge in [-0.05, 0) is 77.6 Å². The molecule has 1 aromatic heterocycles. The van der Waals surface area contributed by atoms with Crippen molar-refractivity contribution in [1.29, 1.82) is 0 Å². The summed E-state index contributed by atoms with van der Waals surface area (Å²) in [4.78, 5) is 12.6. The minimum absolute atomic E-state index is 0.111. The van der Waals surface area contributed by atoms with Gasteiger partial charge in [0.25, 0.3) is 0 Å². The van der Waals surface area contributed by atoms with E-state index in [2.05, 4.69) is 30.2 Å². The van der Waals surface area contributed by atoms with E-state index in [9.17, 15) is 21.6 Å². The lowest BCUT2D eigenvalue weighted by atomic mass is 10.1. The summed E-state index contributed by atoms with van der Waals surface area (Å²) >= 11 is 0. The Morgan fingerprint density at radius 1 is 0.878 bits per heavy atom. The maximum atomic E-state index is 14.0. The molecule has 1 aliphatic heterocycles. The van der Waals surface area contributed by atoms with Gasteiger partial charge in [0.05, 0.1) is 16.0 Å². The average molecular weight is 592 g/mol. The Morgan fingerprint density at radius 3 is 2.15 bits per heavy atom. The lowest BCUT2D eigenvalue weighted by Crippen LogP contribution is -2.45. The number of halogens is 3. The summed E-state index contributed by atoms with van der Waals surface area (Å²) in [6.07, 6.45) is -2.98. The molecule has 0 atom stereocenters. The van der Waals surface area contributed by atoms with Crippen molar-refractivity contribution in [1.82, 2.24) is 14.9 Å². The van der Waals surface area contributed by atoms with Crippen molar-refractivity contribution in [3.8, 4) is 0 Å². The number of aryl methyl sites for hydroxylation is 2. The fraction of sp³-hybridized carbons (Fsp3) is 0.429. The van der Waals surface area contributed by atoms with E-state index < -0.39 is 26.5 Å². The Labute approximate surface area is 239 Å². The monoisotopic (exact) mass is 591 g/mol. The van der Waals surface area contributed by atoms with Gasteiger partial charge in [-0.15, -0.1) is 0 Å². The van der Waals surface area contributed by atoms with Crippen LogP contribution in [-0.4, -0.2) is 61.3 Å². The molecule has 41 heavy (non-hydrogen) atoms. The van der Waals surface area contributed by atoms with Crippen molar-refractivity contribution >= 4 is 44.5 Å². The third-order valence-corrected chi connectivity index (χ3v) is 9.03. The minimum atomic E-state index is -4.53. The van der Waals surface area contributed by atoms with Gasteiger partial charge >= 0.3 is 6.18 Å². The van der Waals surface area contributed by atoms with Gasteiger partial charge in [0.2, 0.25) is 16.0 Å². The molecule has 0 bridgehead atoms. The molecule has 0 radical (unpaired) electrons. The summed E-state index contributed by atoms with van der Waals surface area (Å²) in [5.74, 6) is 0.528. The zero-order valence-electron chi connectivity index (χ0n) is 24.0. The fourth-order valence-electron chi connectivity index (χ4n) is 4.17. The molecule has 3 aromatic rings.